The van der Waals surface area contributed by atoms with Gasteiger partial charge >= 0.3 is 0 Å². The van der Waals surface area contributed by atoms with Crippen LogP contribution in [0.3, 0.4) is 0 Å². The number of thiocarbonyl (C=S) groups is 1. The molecule has 0 saturated heterocycles. The first-order valence-corrected chi connectivity index (χ1v) is 6.92. The molecule has 1 aromatic heterocycles. The van der Waals surface area contributed by atoms with E-state index in [9.17, 15) is 0 Å². The molecule has 0 saturated carbocycles. The summed E-state index contributed by atoms with van der Waals surface area (Å²) in [6, 6.07) is 12.0. The maximum absolute atomic E-state index is 5.29. The molecule has 2 rings (SSSR count). The van der Waals surface area contributed by atoms with Crippen LogP contribution in [-0.4, -0.2) is 10.3 Å². The Balaban J connectivity index is 1.87. The third kappa shape index (κ3) is 4.06. The fourth-order valence-corrected chi connectivity index (χ4v) is 1.80. The van der Waals surface area contributed by atoms with Crippen molar-refractivity contribution in [2.24, 2.45) is 0 Å². The smallest absolute Gasteiger partial charge is 0.175 e. The molecule has 0 amide bonds. The van der Waals surface area contributed by atoms with E-state index in [2.05, 4.69) is 36.6 Å². The largest absolute Gasteiger partial charge is 0.359 e. The lowest BCUT2D eigenvalue weighted by Crippen LogP contribution is -2.27. The molecule has 5 heteroatoms. The van der Waals surface area contributed by atoms with Gasteiger partial charge in [-0.3, -0.25) is 0 Å². The number of nitrogens with one attached hydrogen (secondary N) is 2. The van der Waals surface area contributed by atoms with Crippen LogP contribution in [0.5, 0.6) is 0 Å². The van der Waals surface area contributed by atoms with E-state index in [1.54, 1.807) is 0 Å². The third-order valence-electron chi connectivity index (χ3n) is 2.79. The second-order valence-electron chi connectivity index (χ2n) is 5.62. The molecular formula is C15H19N3OS. The third-order valence-corrected chi connectivity index (χ3v) is 3.03. The average Bonchev–Trinajstić information content (AvgIpc) is 2.86. The van der Waals surface area contributed by atoms with Crippen molar-refractivity contribution in [3.63, 3.8) is 0 Å². The van der Waals surface area contributed by atoms with Crippen LogP contribution in [0.25, 0.3) is 0 Å². The van der Waals surface area contributed by atoms with E-state index in [4.69, 9.17) is 16.7 Å². The number of benzene rings is 1. The van der Waals surface area contributed by atoms with E-state index in [0.29, 0.717) is 17.5 Å². The summed E-state index contributed by atoms with van der Waals surface area (Å²) in [5, 5.41) is 10.6. The summed E-state index contributed by atoms with van der Waals surface area (Å²) >= 11 is 5.23. The molecular weight excluding hydrogens is 270 g/mol. The second-order valence-corrected chi connectivity index (χ2v) is 6.03. The van der Waals surface area contributed by atoms with Crippen LogP contribution >= 0.6 is 12.2 Å². The van der Waals surface area contributed by atoms with Gasteiger partial charge < -0.3 is 15.2 Å². The molecule has 0 bridgehead atoms. The van der Waals surface area contributed by atoms with Gasteiger partial charge in [-0.15, -0.1) is 0 Å². The van der Waals surface area contributed by atoms with Gasteiger partial charge in [0.05, 0.1) is 0 Å². The van der Waals surface area contributed by atoms with Crippen LogP contribution in [-0.2, 0) is 12.0 Å². The first kappa shape index (κ1) is 14.5. The van der Waals surface area contributed by atoms with Gasteiger partial charge in [0.2, 0.25) is 0 Å². The first-order valence-electron chi connectivity index (χ1n) is 6.51. The second kappa shape index (κ2) is 6.05. The van der Waals surface area contributed by atoms with Crippen molar-refractivity contribution in [3.05, 3.63) is 47.7 Å². The molecule has 1 aromatic carbocycles. The minimum atomic E-state index is -0.0635. The van der Waals surface area contributed by atoms with Gasteiger partial charge in [-0.05, 0) is 17.8 Å². The molecule has 4 nitrogen and oxygen atoms in total. The van der Waals surface area contributed by atoms with Gasteiger partial charge in [-0.2, -0.15) is 0 Å². The van der Waals surface area contributed by atoms with Gasteiger partial charge in [0, 0.05) is 18.0 Å². The van der Waals surface area contributed by atoms with Crippen molar-refractivity contribution in [1.82, 2.24) is 10.5 Å². The van der Waals surface area contributed by atoms with Crippen LogP contribution in [0.2, 0.25) is 0 Å². The van der Waals surface area contributed by atoms with Crippen molar-refractivity contribution in [3.8, 4) is 0 Å². The first-order chi connectivity index (χ1) is 9.45. The Hall–Kier alpha value is -1.88. The minimum Gasteiger partial charge on any atom is -0.359 e. The molecule has 0 unspecified atom stereocenters. The quantitative estimate of drug-likeness (QED) is 0.848. The fourth-order valence-electron chi connectivity index (χ4n) is 1.63. The highest BCUT2D eigenvalue weighted by atomic mass is 32.1. The Bertz CT molecular complexity index is 572. The van der Waals surface area contributed by atoms with E-state index in [1.807, 2.05) is 36.4 Å². The predicted molar refractivity (Wildman–Crippen MR) is 84.7 cm³/mol. The Morgan fingerprint density at radius 3 is 2.55 bits per heavy atom. The van der Waals surface area contributed by atoms with Crippen molar-refractivity contribution >= 4 is 23.1 Å². The maximum atomic E-state index is 5.29. The fraction of sp³-hybridized carbons (Fsp3) is 0.333. The number of nitrogens with zero attached hydrogens (tertiary/aromatic N) is 1. The average molecular weight is 289 g/mol. The molecule has 0 aliphatic heterocycles. The molecule has 2 N–H and O–H groups in total. The Kier molecular flexibility index (Phi) is 4.39. The van der Waals surface area contributed by atoms with E-state index in [1.165, 1.54) is 5.56 Å². The lowest BCUT2D eigenvalue weighted by atomic mass is 9.93. The summed E-state index contributed by atoms with van der Waals surface area (Å²) in [5.41, 5.74) is 1.11. The molecule has 1 heterocycles. The Morgan fingerprint density at radius 2 is 1.95 bits per heavy atom. The monoisotopic (exact) mass is 289 g/mol. The van der Waals surface area contributed by atoms with E-state index in [-0.39, 0.29) is 5.41 Å². The molecule has 20 heavy (non-hydrogen) atoms. The number of aromatic nitrogens is 1. The van der Waals surface area contributed by atoms with Crippen LogP contribution in [0.1, 0.15) is 32.1 Å². The van der Waals surface area contributed by atoms with Crippen molar-refractivity contribution in [2.45, 2.75) is 32.7 Å². The van der Waals surface area contributed by atoms with Gasteiger partial charge in [-0.1, -0.05) is 56.3 Å². The molecule has 106 valence electrons. The molecule has 0 fully saturated rings. The van der Waals surface area contributed by atoms with Gasteiger partial charge in [-0.25, -0.2) is 0 Å². The highest BCUT2D eigenvalue weighted by Gasteiger charge is 2.19. The van der Waals surface area contributed by atoms with Crippen LogP contribution < -0.4 is 10.6 Å². The lowest BCUT2D eigenvalue weighted by molar-refractivity contribution is 0.331. The summed E-state index contributed by atoms with van der Waals surface area (Å²) in [7, 11) is 0. The SMILES string of the molecule is CC(C)(C)c1cc(NC(=S)NCc2ccccc2)no1. The molecule has 0 spiro atoms. The molecule has 2 aromatic rings. The maximum Gasteiger partial charge on any atom is 0.175 e. The predicted octanol–water partition coefficient (Wildman–Crippen LogP) is 3.46. The van der Waals surface area contributed by atoms with Gasteiger partial charge in [0.25, 0.3) is 0 Å². The topological polar surface area (TPSA) is 50.1 Å². The highest BCUT2D eigenvalue weighted by Crippen LogP contribution is 2.24. The zero-order valence-electron chi connectivity index (χ0n) is 11.9. The summed E-state index contributed by atoms with van der Waals surface area (Å²) in [5.74, 6) is 1.45. The Labute approximate surface area is 124 Å². The van der Waals surface area contributed by atoms with Crippen LogP contribution in [0.15, 0.2) is 40.9 Å². The zero-order chi connectivity index (χ0) is 14.6. The van der Waals surface area contributed by atoms with E-state index >= 15 is 0 Å². The summed E-state index contributed by atoms with van der Waals surface area (Å²) in [6.07, 6.45) is 0. The van der Waals surface area contributed by atoms with E-state index in [0.717, 1.165) is 5.76 Å². The lowest BCUT2D eigenvalue weighted by Gasteiger charge is -2.12. The summed E-state index contributed by atoms with van der Waals surface area (Å²) < 4.78 is 5.29. The highest BCUT2D eigenvalue weighted by molar-refractivity contribution is 7.80. The molecule has 0 atom stereocenters. The number of rotatable bonds is 3. The zero-order valence-corrected chi connectivity index (χ0v) is 12.8. The summed E-state index contributed by atoms with van der Waals surface area (Å²) in [6.45, 7) is 6.90. The molecule has 0 aliphatic rings. The number of hydrogen-bond acceptors (Lipinski definition) is 3. The number of hydrogen-bond donors (Lipinski definition) is 2. The minimum absolute atomic E-state index is 0.0635. The van der Waals surface area contributed by atoms with Crippen molar-refractivity contribution in [2.75, 3.05) is 5.32 Å². The summed E-state index contributed by atoms with van der Waals surface area (Å²) in [4.78, 5) is 0. The van der Waals surface area contributed by atoms with E-state index < -0.39 is 0 Å². The standard InChI is InChI=1S/C15H19N3OS/c1-15(2,3)12-9-13(18-19-12)17-14(20)16-10-11-7-5-4-6-8-11/h4-9H,10H2,1-3H3,(H2,16,17,18,20). The van der Waals surface area contributed by atoms with Gasteiger partial charge in [0.15, 0.2) is 10.9 Å². The van der Waals surface area contributed by atoms with Crippen LogP contribution in [0.4, 0.5) is 5.82 Å². The molecule has 0 aliphatic carbocycles. The normalized spacial score (nSPS) is 11.2. The molecule has 0 radical (unpaired) electrons. The number of anilines is 1. The van der Waals surface area contributed by atoms with Crippen molar-refractivity contribution in [1.29, 1.82) is 0 Å². The van der Waals surface area contributed by atoms with Crippen LogP contribution in [0, 0.1) is 0 Å². The van der Waals surface area contributed by atoms with Gasteiger partial charge in [0.1, 0.15) is 5.76 Å². The van der Waals surface area contributed by atoms with Crippen molar-refractivity contribution < 1.29 is 4.52 Å². The Morgan fingerprint density at radius 1 is 1.25 bits per heavy atom.